The van der Waals surface area contributed by atoms with Crippen LogP contribution in [-0.4, -0.2) is 56.0 Å². The molecule has 0 radical (unpaired) electrons. The van der Waals surface area contributed by atoms with E-state index in [9.17, 15) is 4.79 Å². The highest BCUT2D eigenvalue weighted by atomic mass is 16.8. The van der Waals surface area contributed by atoms with Gasteiger partial charge in [-0.3, -0.25) is 0 Å². The van der Waals surface area contributed by atoms with Gasteiger partial charge in [0.2, 0.25) is 11.9 Å². The second-order valence-corrected chi connectivity index (χ2v) is 11.1. The Balaban J connectivity index is 1.32. The van der Waals surface area contributed by atoms with Crippen LogP contribution in [0.25, 0.3) is 0 Å². The molecule has 45 heavy (non-hydrogen) atoms. The summed E-state index contributed by atoms with van der Waals surface area (Å²) in [5.41, 5.74) is 3.97. The number of ether oxygens (including phenoxy) is 7. The predicted octanol–water partition coefficient (Wildman–Crippen LogP) is 5.63. The van der Waals surface area contributed by atoms with Gasteiger partial charge in [0, 0.05) is 0 Å². The number of carbonyl (C=O) groups excluding carboxylic acids is 1. The van der Waals surface area contributed by atoms with E-state index in [-0.39, 0.29) is 13.2 Å². The van der Waals surface area contributed by atoms with Gasteiger partial charge in [-0.1, -0.05) is 121 Å². The van der Waals surface area contributed by atoms with Crippen molar-refractivity contribution in [2.24, 2.45) is 0 Å². The Bertz CT molecular complexity index is 1470. The van der Waals surface area contributed by atoms with Gasteiger partial charge in [-0.15, -0.1) is 0 Å². The van der Waals surface area contributed by atoms with E-state index in [1.807, 2.05) is 121 Å². The van der Waals surface area contributed by atoms with E-state index in [0.29, 0.717) is 19.8 Å². The van der Waals surface area contributed by atoms with Crippen LogP contribution in [0.4, 0.5) is 0 Å². The first-order chi connectivity index (χ1) is 22.2. The van der Waals surface area contributed by atoms with Crippen molar-refractivity contribution >= 4 is 5.97 Å². The van der Waals surface area contributed by atoms with Crippen LogP contribution in [0, 0.1) is 0 Å². The second-order valence-electron chi connectivity index (χ2n) is 11.1. The summed E-state index contributed by atoms with van der Waals surface area (Å²) < 4.78 is 43.9. The molecular formula is C37H38O8. The number of methoxy groups -OCH3 is 1. The Morgan fingerprint density at radius 1 is 0.600 bits per heavy atom. The lowest BCUT2D eigenvalue weighted by molar-refractivity contribution is -0.304. The van der Waals surface area contributed by atoms with Crippen LogP contribution < -0.4 is 0 Å². The zero-order valence-electron chi connectivity index (χ0n) is 25.2. The summed E-state index contributed by atoms with van der Waals surface area (Å²) in [6.07, 6.45) is -3.77. The summed E-state index contributed by atoms with van der Waals surface area (Å²) in [6, 6.07) is 39.5. The number of hydrogen-bond acceptors (Lipinski definition) is 8. The molecule has 2 fully saturated rings. The quantitative estimate of drug-likeness (QED) is 0.134. The smallest absolute Gasteiger partial charge is 0.340 e. The Labute approximate surface area is 263 Å². The summed E-state index contributed by atoms with van der Waals surface area (Å²) in [4.78, 5) is 12.9. The number of rotatable bonds is 14. The minimum Gasteiger partial charge on any atom is -0.467 e. The molecule has 4 aromatic carbocycles. The molecule has 6 rings (SSSR count). The van der Waals surface area contributed by atoms with E-state index < -0.39 is 42.3 Å². The first-order valence-electron chi connectivity index (χ1n) is 15.2. The maximum Gasteiger partial charge on any atom is 0.340 e. The van der Waals surface area contributed by atoms with Crippen LogP contribution in [0.2, 0.25) is 0 Å². The van der Waals surface area contributed by atoms with E-state index in [4.69, 9.17) is 33.2 Å². The number of hydrogen-bond donors (Lipinski definition) is 0. The van der Waals surface area contributed by atoms with Gasteiger partial charge in [0.05, 0.1) is 40.1 Å². The highest BCUT2D eigenvalue weighted by Gasteiger charge is 2.74. The summed E-state index contributed by atoms with van der Waals surface area (Å²) in [7, 11) is 1.33. The first-order valence-corrected chi connectivity index (χ1v) is 15.2. The lowest BCUT2D eigenvalue weighted by Gasteiger charge is -2.45. The van der Waals surface area contributed by atoms with Crippen molar-refractivity contribution in [3.8, 4) is 0 Å². The monoisotopic (exact) mass is 610 g/mol. The molecule has 234 valence electrons. The van der Waals surface area contributed by atoms with E-state index in [0.717, 1.165) is 22.3 Å². The molecule has 8 nitrogen and oxygen atoms in total. The van der Waals surface area contributed by atoms with Gasteiger partial charge in [-0.2, -0.15) is 0 Å². The van der Waals surface area contributed by atoms with E-state index in [1.165, 1.54) is 7.11 Å². The van der Waals surface area contributed by atoms with Crippen LogP contribution >= 0.6 is 0 Å². The van der Waals surface area contributed by atoms with Gasteiger partial charge in [0.25, 0.3) is 0 Å². The number of benzene rings is 4. The molecule has 2 aliphatic rings. The molecule has 2 saturated heterocycles. The Morgan fingerprint density at radius 3 is 1.53 bits per heavy atom. The van der Waals surface area contributed by atoms with Crippen LogP contribution in [0.5, 0.6) is 0 Å². The Morgan fingerprint density at radius 2 is 1.04 bits per heavy atom. The van der Waals surface area contributed by atoms with E-state index in [1.54, 1.807) is 0 Å². The largest absolute Gasteiger partial charge is 0.467 e. The fraction of sp³-hybridized carbons (Fsp3) is 0.324. The molecule has 0 bridgehead atoms. The molecule has 0 N–H and O–H groups in total. The van der Waals surface area contributed by atoms with Gasteiger partial charge in [-0.05, 0) is 22.3 Å². The van der Waals surface area contributed by atoms with Crippen molar-refractivity contribution in [2.45, 2.75) is 62.7 Å². The standard InChI is InChI=1S/C37H38O8/c1-39-36(38)35-37(45-35)34(43-25-30-20-12-5-13-21-30)33(42-24-29-18-10-4-11-19-29)32(41-23-28-16-8-3-9-17-28)31(44-37)26-40-22-27-14-6-2-7-15-27/h2-21,31-35H,22-26H2,1H3/t31?,32?,33?,34?,35-,37?/m1/s1. The topological polar surface area (TPSA) is 85.0 Å². The lowest BCUT2D eigenvalue weighted by atomic mass is 9.92. The third kappa shape index (κ3) is 7.68. The molecule has 4 aromatic rings. The van der Waals surface area contributed by atoms with Crippen molar-refractivity contribution in [3.05, 3.63) is 144 Å². The fourth-order valence-corrected chi connectivity index (χ4v) is 5.64. The molecule has 6 atom stereocenters. The molecule has 2 heterocycles. The minimum absolute atomic E-state index is 0.171. The minimum atomic E-state index is -1.43. The van der Waals surface area contributed by atoms with Crippen molar-refractivity contribution in [3.63, 3.8) is 0 Å². The number of esters is 1. The van der Waals surface area contributed by atoms with Gasteiger partial charge >= 0.3 is 5.97 Å². The third-order valence-corrected chi connectivity index (χ3v) is 7.98. The van der Waals surface area contributed by atoms with Crippen molar-refractivity contribution in [1.29, 1.82) is 0 Å². The maximum atomic E-state index is 12.9. The highest BCUT2D eigenvalue weighted by molar-refractivity contribution is 5.79. The fourth-order valence-electron chi connectivity index (χ4n) is 5.64. The highest BCUT2D eigenvalue weighted by Crippen LogP contribution is 2.50. The first kappa shape index (κ1) is 31.1. The molecule has 2 aliphatic heterocycles. The second kappa shape index (κ2) is 14.9. The number of carbonyl (C=O) groups is 1. The molecule has 0 aliphatic carbocycles. The molecule has 0 aromatic heterocycles. The molecule has 1 spiro atoms. The maximum absolute atomic E-state index is 12.9. The average Bonchev–Trinajstić information content (AvgIpc) is 3.81. The summed E-state index contributed by atoms with van der Waals surface area (Å²) in [5, 5.41) is 0. The van der Waals surface area contributed by atoms with Crippen molar-refractivity contribution in [2.75, 3.05) is 13.7 Å². The summed E-state index contributed by atoms with van der Waals surface area (Å²) in [5.74, 6) is -1.98. The van der Waals surface area contributed by atoms with Crippen molar-refractivity contribution in [1.82, 2.24) is 0 Å². The van der Waals surface area contributed by atoms with Gasteiger partial charge in [-0.25, -0.2) is 4.79 Å². The van der Waals surface area contributed by atoms with Gasteiger partial charge in [0.1, 0.15) is 24.4 Å². The van der Waals surface area contributed by atoms with Gasteiger partial charge < -0.3 is 33.2 Å². The summed E-state index contributed by atoms with van der Waals surface area (Å²) >= 11 is 0. The molecular weight excluding hydrogens is 572 g/mol. The Hall–Kier alpha value is -3.89. The van der Waals surface area contributed by atoms with E-state index >= 15 is 0 Å². The average molecular weight is 611 g/mol. The zero-order chi connectivity index (χ0) is 30.9. The van der Waals surface area contributed by atoms with Crippen LogP contribution in [0.3, 0.4) is 0 Å². The Kier molecular flexibility index (Phi) is 10.3. The third-order valence-electron chi connectivity index (χ3n) is 7.98. The molecule has 0 amide bonds. The predicted molar refractivity (Wildman–Crippen MR) is 166 cm³/mol. The van der Waals surface area contributed by atoms with Crippen molar-refractivity contribution < 1.29 is 38.0 Å². The molecule has 5 unspecified atom stereocenters. The lowest BCUT2D eigenvalue weighted by Crippen LogP contribution is -2.64. The van der Waals surface area contributed by atoms with Crippen LogP contribution in [-0.2, 0) is 64.4 Å². The normalized spacial score (nSPS) is 25.6. The zero-order valence-corrected chi connectivity index (χ0v) is 25.2. The van der Waals surface area contributed by atoms with Crippen LogP contribution in [0.1, 0.15) is 22.3 Å². The molecule has 8 heteroatoms. The van der Waals surface area contributed by atoms with E-state index in [2.05, 4.69) is 0 Å². The SMILES string of the molecule is COC(=O)[C@H]1OC12OC(COCc1ccccc1)C(OCc1ccccc1)C(OCc1ccccc1)C2OCc1ccccc1. The number of epoxide rings is 1. The van der Waals surface area contributed by atoms with Crippen LogP contribution in [0.15, 0.2) is 121 Å². The van der Waals surface area contributed by atoms with Gasteiger partial charge in [0.15, 0.2) is 0 Å². The summed E-state index contributed by atoms with van der Waals surface area (Å²) in [6.45, 7) is 1.40. The molecule has 0 saturated carbocycles.